The van der Waals surface area contributed by atoms with Crippen LogP contribution in [0.15, 0.2) is 53.1 Å². The minimum Gasteiger partial charge on any atom is -0.463 e. The molecule has 0 aliphatic carbocycles. The number of nitro groups is 1. The fraction of sp³-hybridized carbons (Fsp3) is 0.111. The van der Waals surface area contributed by atoms with E-state index in [2.05, 4.69) is 5.32 Å². The highest BCUT2D eigenvalue weighted by Crippen LogP contribution is 2.26. The largest absolute Gasteiger partial charge is 0.463 e. The van der Waals surface area contributed by atoms with E-state index in [0.717, 1.165) is 0 Å². The summed E-state index contributed by atoms with van der Waals surface area (Å²) in [6.45, 7) is 1.99. The van der Waals surface area contributed by atoms with Crippen molar-refractivity contribution < 1.29 is 23.7 Å². The quantitative estimate of drug-likeness (QED) is 0.424. The zero-order valence-corrected chi connectivity index (χ0v) is 13.7. The van der Waals surface area contributed by atoms with Gasteiger partial charge in [0.25, 0.3) is 11.6 Å². The number of anilines is 1. The molecule has 0 spiro atoms. The lowest BCUT2D eigenvalue weighted by atomic mass is 10.1. The SMILES string of the molecule is CCOC(=O)c1ccc(NC(=O)c2coc3ccc([N+](=O)[O-])cc23)cc1. The van der Waals surface area contributed by atoms with Gasteiger partial charge in [0.1, 0.15) is 11.8 Å². The van der Waals surface area contributed by atoms with Gasteiger partial charge in [-0.05, 0) is 37.3 Å². The van der Waals surface area contributed by atoms with Crippen LogP contribution in [0, 0.1) is 10.1 Å². The van der Waals surface area contributed by atoms with Gasteiger partial charge in [-0.1, -0.05) is 0 Å². The van der Waals surface area contributed by atoms with Crippen LogP contribution < -0.4 is 5.32 Å². The molecule has 26 heavy (non-hydrogen) atoms. The van der Waals surface area contributed by atoms with Crippen LogP contribution in [-0.2, 0) is 4.74 Å². The number of rotatable bonds is 5. The molecule has 8 heteroatoms. The molecule has 0 aliphatic heterocycles. The maximum absolute atomic E-state index is 12.5. The number of nitrogens with zero attached hydrogens (tertiary/aromatic N) is 1. The molecule has 1 aromatic heterocycles. The number of carbonyl (C=O) groups is 2. The lowest BCUT2D eigenvalue weighted by Gasteiger charge is -2.06. The molecule has 1 N–H and O–H groups in total. The minimum atomic E-state index is -0.539. The first-order valence-corrected chi connectivity index (χ1v) is 7.73. The number of furan rings is 1. The summed E-state index contributed by atoms with van der Waals surface area (Å²) >= 11 is 0. The molecule has 0 fully saturated rings. The van der Waals surface area contributed by atoms with Crippen LogP contribution in [0.1, 0.15) is 27.6 Å². The number of hydrogen-bond acceptors (Lipinski definition) is 6. The van der Waals surface area contributed by atoms with Crippen LogP contribution in [0.5, 0.6) is 0 Å². The average molecular weight is 354 g/mol. The van der Waals surface area contributed by atoms with Gasteiger partial charge in [-0.15, -0.1) is 0 Å². The molecule has 0 radical (unpaired) electrons. The molecule has 0 unspecified atom stereocenters. The van der Waals surface area contributed by atoms with Crippen molar-refractivity contribution in [2.75, 3.05) is 11.9 Å². The van der Waals surface area contributed by atoms with Gasteiger partial charge in [0, 0.05) is 23.2 Å². The Morgan fingerprint density at radius 1 is 1.19 bits per heavy atom. The van der Waals surface area contributed by atoms with Gasteiger partial charge in [-0.2, -0.15) is 0 Å². The molecular weight excluding hydrogens is 340 g/mol. The molecule has 3 aromatic rings. The number of nitro benzene ring substituents is 1. The summed E-state index contributed by atoms with van der Waals surface area (Å²) in [6.07, 6.45) is 1.25. The number of hydrogen-bond donors (Lipinski definition) is 1. The zero-order chi connectivity index (χ0) is 18.7. The van der Waals surface area contributed by atoms with E-state index in [0.29, 0.717) is 22.2 Å². The number of fused-ring (bicyclic) bond motifs is 1. The first kappa shape index (κ1) is 17.2. The van der Waals surface area contributed by atoms with Crippen molar-refractivity contribution in [2.45, 2.75) is 6.92 Å². The number of ether oxygens (including phenoxy) is 1. The highest BCUT2D eigenvalue weighted by molar-refractivity contribution is 6.12. The molecule has 0 aliphatic rings. The lowest BCUT2D eigenvalue weighted by Crippen LogP contribution is -2.11. The Hall–Kier alpha value is -3.68. The third-order valence-corrected chi connectivity index (χ3v) is 3.67. The second-order valence-corrected chi connectivity index (χ2v) is 5.34. The third kappa shape index (κ3) is 3.39. The maximum Gasteiger partial charge on any atom is 0.338 e. The van der Waals surface area contributed by atoms with Crippen LogP contribution in [-0.4, -0.2) is 23.4 Å². The zero-order valence-electron chi connectivity index (χ0n) is 13.7. The number of benzene rings is 2. The Morgan fingerprint density at radius 3 is 2.58 bits per heavy atom. The van der Waals surface area contributed by atoms with Crippen LogP contribution >= 0.6 is 0 Å². The minimum absolute atomic E-state index is 0.133. The van der Waals surface area contributed by atoms with E-state index in [1.165, 1.54) is 36.6 Å². The smallest absolute Gasteiger partial charge is 0.338 e. The van der Waals surface area contributed by atoms with Crippen molar-refractivity contribution in [3.8, 4) is 0 Å². The molecule has 3 rings (SSSR count). The fourth-order valence-corrected chi connectivity index (χ4v) is 2.41. The number of esters is 1. The van der Waals surface area contributed by atoms with Gasteiger partial charge in [-0.3, -0.25) is 14.9 Å². The number of amides is 1. The van der Waals surface area contributed by atoms with E-state index in [-0.39, 0.29) is 17.9 Å². The van der Waals surface area contributed by atoms with Gasteiger partial charge in [-0.25, -0.2) is 4.79 Å². The maximum atomic E-state index is 12.5. The van der Waals surface area contributed by atoms with Crippen LogP contribution in [0.25, 0.3) is 11.0 Å². The monoisotopic (exact) mass is 354 g/mol. The molecule has 2 aromatic carbocycles. The summed E-state index contributed by atoms with van der Waals surface area (Å²) in [7, 11) is 0. The highest BCUT2D eigenvalue weighted by atomic mass is 16.6. The van der Waals surface area contributed by atoms with Crippen LogP contribution in [0.4, 0.5) is 11.4 Å². The Bertz CT molecular complexity index is 991. The second-order valence-electron chi connectivity index (χ2n) is 5.34. The van der Waals surface area contributed by atoms with Gasteiger partial charge >= 0.3 is 5.97 Å². The van der Waals surface area contributed by atoms with E-state index >= 15 is 0 Å². The summed E-state index contributed by atoms with van der Waals surface area (Å²) in [6, 6.07) is 10.2. The first-order valence-electron chi connectivity index (χ1n) is 7.73. The summed E-state index contributed by atoms with van der Waals surface area (Å²) in [4.78, 5) is 34.4. The molecule has 0 saturated carbocycles. The Labute approximate surface area is 147 Å². The molecule has 1 heterocycles. The van der Waals surface area contributed by atoms with E-state index in [1.54, 1.807) is 19.1 Å². The van der Waals surface area contributed by atoms with E-state index in [1.807, 2.05) is 0 Å². The summed E-state index contributed by atoms with van der Waals surface area (Å²) in [5, 5.41) is 13.9. The molecular formula is C18H14N2O6. The number of non-ortho nitro benzene ring substituents is 1. The molecule has 0 saturated heterocycles. The normalized spacial score (nSPS) is 10.5. The average Bonchev–Trinajstić information content (AvgIpc) is 3.05. The van der Waals surface area contributed by atoms with Gasteiger partial charge in [0.05, 0.1) is 22.7 Å². The number of carbonyl (C=O) groups excluding carboxylic acids is 2. The van der Waals surface area contributed by atoms with E-state index in [4.69, 9.17) is 9.15 Å². The molecule has 132 valence electrons. The Balaban J connectivity index is 1.82. The predicted molar refractivity (Wildman–Crippen MR) is 93.2 cm³/mol. The van der Waals surface area contributed by atoms with Crippen molar-refractivity contribution in [2.24, 2.45) is 0 Å². The van der Waals surface area contributed by atoms with Crippen molar-refractivity contribution in [1.82, 2.24) is 0 Å². The van der Waals surface area contributed by atoms with Gasteiger partial charge in [0.2, 0.25) is 0 Å². The van der Waals surface area contributed by atoms with E-state index in [9.17, 15) is 19.7 Å². The standard InChI is InChI=1S/C18H14N2O6/c1-2-25-18(22)11-3-5-12(6-4-11)19-17(21)15-10-26-16-8-7-13(20(23)24)9-14(15)16/h3-10H,2H2,1H3,(H,19,21). The third-order valence-electron chi connectivity index (χ3n) is 3.67. The summed E-state index contributed by atoms with van der Waals surface area (Å²) < 4.78 is 10.2. The lowest BCUT2D eigenvalue weighted by molar-refractivity contribution is -0.384. The van der Waals surface area contributed by atoms with Gasteiger partial charge < -0.3 is 14.5 Å². The number of nitrogens with one attached hydrogen (secondary N) is 1. The van der Waals surface area contributed by atoms with E-state index < -0.39 is 16.8 Å². The van der Waals surface area contributed by atoms with Crippen molar-refractivity contribution in [3.05, 3.63) is 70.0 Å². The molecule has 1 amide bonds. The molecule has 8 nitrogen and oxygen atoms in total. The predicted octanol–water partition coefficient (Wildman–Crippen LogP) is 3.77. The molecule has 0 bridgehead atoms. The Morgan fingerprint density at radius 2 is 1.92 bits per heavy atom. The fourth-order valence-electron chi connectivity index (χ4n) is 2.41. The van der Waals surface area contributed by atoms with Crippen molar-refractivity contribution in [3.63, 3.8) is 0 Å². The van der Waals surface area contributed by atoms with Crippen molar-refractivity contribution >= 4 is 34.2 Å². The second kappa shape index (κ2) is 7.06. The molecule has 0 atom stereocenters. The Kier molecular flexibility index (Phi) is 4.66. The summed E-state index contributed by atoms with van der Waals surface area (Å²) in [5.74, 6) is -0.924. The van der Waals surface area contributed by atoms with Crippen LogP contribution in [0.2, 0.25) is 0 Å². The first-order chi connectivity index (χ1) is 12.5. The highest BCUT2D eigenvalue weighted by Gasteiger charge is 2.17. The van der Waals surface area contributed by atoms with Crippen molar-refractivity contribution in [1.29, 1.82) is 0 Å². The van der Waals surface area contributed by atoms with Crippen LogP contribution in [0.3, 0.4) is 0 Å². The van der Waals surface area contributed by atoms with Gasteiger partial charge in [0.15, 0.2) is 0 Å². The topological polar surface area (TPSA) is 112 Å². The summed E-state index contributed by atoms with van der Waals surface area (Å²) in [5.41, 5.74) is 1.25.